The number of rotatable bonds is 5. The average Bonchev–Trinajstić information content (AvgIpc) is 2.64. The fraction of sp³-hybridized carbons (Fsp3) is 0.350. The molecule has 0 spiro atoms. The zero-order valence-electron chi connectivity index (χ0n) is 15.6. The first kappa shape index (κ1) is 21.1. The molecular formula is C20H21Cl2NO4S. The molecule has 2 aromatic carbocycles. The van der Waals surface area contributed by atoms with E-state index in [4.69, 9.17) is 27.9 Å². The van der Waals surface area contributed by atoms with Gasteiger partial charge in [0.25, 0.3) is 0 Å². The zero-order chi connectivity index (χ0) is 20.5. The second kappa shape index (κ2) is 8.41. The Labute approximate surface area is 175 Å². The van der Waals surface area contributed by atoms with Gasteiger partial charge in [-0.25, -0.2) is 8.42 Å². The van der Waals surface area contributed by atoms with Crippen LogP contribution in [0.3, 0.4) is 0 Å². The number of halogens is 2. The van der Waals surface area contributed by atoms with Gasteiger partial charge in [0.1, 0.15) is 0 Å². The van der Waals surface area contributed by atoms with Gasteiger partial charge in [0.15, 0.2) is 5.94 Å². The van der Waals surface area contributed by atoms with Crippen LogP contribution in [-0.4, -0.2) is 38.8 Å². The molecule has 0 N–H and O–H groups in total. The molecule has 0 aromatic heterocycles. The summed E-state index contributed by atoms with van der Waals surface area (Å²) in [4.78, 5) is 15.0. The summed E-state index contributed by atoms with van der Waals surface area (Å²) in [6.07, 6.45) is 0.556. The van der Waals surface area contributed by atoms with E-state index in [1.165, 1.54) is 7.11 Å². The summed E-state index contributed by atoms with van der Waals surface area (Å²) >= 11 is 12.4. The van der Waals surface area contributed by atoms with E-state index in [-0.39, 0.29) is 29.2 Å². The number of benzene rings is 2. The van der Waals surface area contributed by atoms with Crippen molar-refractivity contribution >= 4 is 38.9 Å². The molecule has 1 aliphatic rings. The zero-order valence-corrected chi connectivity index (χ0v) is 17.9. The van der Waals surface area contributed by atoms with E-state index < -0.39 is 9.84 Å². The van der Waals surface area contributed by atoms with Gasteiger partial charge >= 0.3 is 0 Å². The van der Waals surface area contributed by atoms with Crippen molar-refractivity contribution in [3.63, 3.8) is 0 Å². The minimum atomic E-state index is -3.53. The van der Waals surface area contributed by atoms with Crippen LogP contribution < -0.4 is 0 Å². The fourth-order valence-electron chi connectivity index (χ4n) is 3.64. The number of carbonyl (C=O) groups excluding carboxylic acids is 1. The Bertz CT molecular complexity index is 987. The molecule has 0 radical (unpaired) electrons. The number of nitrogens with zero attached hydrogens (tertiary/aromatic N) is 1. The van der Waals surface area contributed by atoms with Gasteiger partial charge in [-0.3, -0.25) is 4.79 Å². The van der Waals surface area contributed by atoms with E-state index >= 15 is 0 Å². The van der Waals surface area contributed by atoms with Gasteiger partial charge in [-0.1, -0.05) is 41.4 Å². The van der Waals surface area contributed by atoms with E-state index in [0.29, 0.717) is 28.6 Å². The molecule has 0 saturated carbocycles. The molecule has 0 fully saturated rings. The minimum Gasteiger partial charge on any atom is -0.368 e. The van der Waals surface area contributed by atoms with E-state index in [9.17, 15) is 13.2 Å². The first-order valence-corrected chi connectivity index (χ1v) is 11.2. The highest BCUT2D eigenvalue weighted by atomic mass is 35.5. The quantitative estimate of drug-likeness (QED) is 0.701. The Kier molecular flexibility index (Phi) is 6.34. The van der Waals surface area contributed by atoms with Gasteiger partial charge in [0.2, 0.25) is 15.7 Å². The number of methoxy groups -OCH3 is 1. The third-order valence-electron chi connectivity index (χ3n) is 5.01. The lowest BCUT2D eigenvalue weighted by Crippen LogP contribution is -2.40. The maximum atomic E-state index is 12.9. The number of sulfone groups is 1. The van der Waals surface area contributed by atoms with Crippen molar-refractivity contribution in [3.05, 3.63) is 63.1 Å². The Balaban J connectivity index is 1.89. The molecule has 2 aromatic rings. The van der Waals surface area contributed by atoms with Crippen LogP contribution in [0.5, 0.6) is 0 Å². The highest BCUT2D eigenvalue weighted by molar-refractivity contribution is 7.91. The molecule has 1 atom stereocenters. The lowest BCUT2D eigenvalue weighted by Gasteiger charge is -2.36. The van der Waals surface area contributed by atoms with Crippen LogP contribution in [0.4, 0.5) is 0 Å². The Morgan fingerprint density at radius 1 is 1.18 bits per heavy atom. The third kappa shape index (κ3) is 4.06. The maximum absolute atomic E-state index is 12.9. The molecule has 1 aliphatic heterocycles. The predicted octanol–water partition coefficient (Wildman–Crippen LogP) is 4.06. The highest BCUT2D eigenvalue weighted by Gasteiger charge is 2.31. The first-order chi connectivity index (χ1) is 13.3. The van der Waals surface area contributed by atoms with Gasteiger partial charge in [0.05, 0.1) is 17.4 Å². The van der Waals surface area contributed by atoms with Crippen molar-refractivity contribution in [2.45, 2.75) is 30.7 Å². The van der Waals surface area contributed by atoms with Gasteiger partial charge < -0.3 is 9.64 Å². The second-order valence-corrected chi connectivity index (χ2v) is 9.45. The van der Waals surface area contributed by atoms with Gasteiger partial charge in [-0.05, 0) is 48.2 Å². The standard InChI is InChI=1S/C20H21Cl2NO4S/c1-13-14-5-3-8-19(28(25,26)12-27-2)15(14)9-10-23(13)20(24)11-16-17(21)6-4-7-18(16)22/h3-8,13H,9-12H2,1-2H3/t13-/m0/s1. The van der Waals surface area contributed by atoms with Crippen molar-refractivity contribution in [1.82, 2.24) is 4.90 Å². The molecule has 1 amide bonds. The predicted molar refractivity (Wildman–Crippen MR) is 110 cm³/mol. The van der Waals surface area contributed by atoms with Crippen molar-refractivity contribution in [2.75, 3.05) is 19.6 Å². The summed E-state index contributed by atoms with van der Waals surface area (Å²) in [5.41, 5.74) is 2.19. The molecule has 5 nitrogen and oxygen atoms in total. The molecule has 8 heteroatoms. The summed E-state index contributed by atoms with van der Waals surface area (Å²) < 4.78 is 29.9. The van der Waals surface area contributed by atoms with Crippen molar-refractivity contribution < 1.29 is 17.9 Å². The third-order valence-corrected chi connectivity index (χ3v) is 7.31. The van der Waals surface area contributed by atoms with Gasteiger partial charge in [-0.2, -0.15) is 0 Å². The van der Waals surface area contributed by atoms with Crippen LogP contribution >= 0.6 is 23.2 Å². The van der Waals surface area contributed by atoms with Crippen LogP contribution in [0.2, 0.25) is 10.0 Å². The Morgan fingerprint density at radius 3 is 2.46 bits per heavy atom. The molecule has 0 aliphatic carbocycles. The number of ether oxygens (including phenoxy) is 1. The first-order valence-electron chi connectivity index (χ1n) is 8.82. The lowest BCUT2D eigenvalue weighted by atomic mass is 9.93. The number of fused-ring (bicyclic) bond motifs is 1. The average molecular weight is 442 g/mol. The van der Waals surface area contributed by atoms with Crippen LogP contribution in [0.1, 0.15) is 29.7 Å². The van der Waals surface area contributed by atoms with Crippen molar-refractivity contribution in [2.24, 2.45) is 0 Å². The second-order valence-electron chi connectivity index (χ2n) is 6.74. The summed E-state index contributed by atoms with van der Waals surface area (Å²) in [5.74, 6) is -0.468. The van der Waals surface area contributed by atoms with Crippen LogP contribution in [0, 0.1) is 0 Å². The summed E-state index contributed by atoms with van der Waals surface area (Å²) in [5, 5.41) is 0.915. The molecule has 0 saturated heterocycles. The fourth-order valence-corrected chi connectivity index (χ4v) is 5.49. The molecule has 3 rings (SSSR count). The smallest absolute Gasteiger partial charge is 0.227 e. The molecule has 1 heterocycles. The summed E-state index contributed by atoms with van der Waals surface area (Å²) in [6, 6.07) is 10.1. The highest BCUT2D eigenvalue weighted by Crippen LogP contribution is 2.34. The van der Waals surface area contributed by atoms with Crippen LogP contribution in [0.25, 0.3) is 0 Å². The molecule has 28 heavy (non-hydrogen) atoms. The number of amides is 1. The molecule has 0 unspecified atom stereocenters. The van der Waals surface area contributed by atoms with E-state index in [1.807, 2.05) is 13.0 Å². The van der Waals surface area contributed by atoms with E-state index in [2.05, 4.69) is 0 Å². The van der Waals surface area contributed by atoms with Crippen molar-refractivity contribution in [1.29, 1.82) is 0 Å². The number of carbonyl (C=O) groups is 1. The normalized spacial score (nSPS) is 16.7. The maximum Gasteiger partial charge on any atom is 0.227 e. The van der Waals surface area contributed by atoms with Gasteiger partial charge in [0, 0.05) is 23.7 Å². The minimum absolute atomic E-state index is 0.0971. The number of hydrogen-bond donors (Lipinski definition) is 0. The summed E-state index contributed by atoms with van der Waals surface area (Å²) in [6.45, 7) is 2.32. The van der Waals surface area contributed by atoms with Crippen LogP contribution in [-0.2, 0) is 32.2 Å². The van der Waals surface area contributed by atoms with Gasteiger partial charge in [-0.15, -0.1) is 0 Å². The monoisotopic (exact) mass is 441 g/mol. The summed E-state index contributed by atoms with van der Waals surface area (Å²) in [7, 11) is -2.18. The molecular weight excluding hydrogens is 421 g/mol. The molecule has 0 bridgehead atoms. The van der Waals surface area contributed by atoms with Crippen molar-refractivity contribution in [3.8, 4) is 0 Å². The molecule has 150 valence electrons. The Hall–Kier alpha value is -1.60. The van der Waals surface area contributed by atoms with E-state index in [0.717, 1.165) is 11.1 Å². The van der Waals surface area contributed by atoms with Crippen LogP contribution in [0.15, 0.2) is 41.3 Å². The number of hydrogen-bond acceptors (Lipinski definition) is 4. The van der Waals surface area contributed by atoms with E-state index in [1.54, 1.807) is 35.2 Å². The Morgan fingerprint density at radius 2 is 1.82 bits per heavy atom. The SMILES string of the molecule is COCS(=O)(=O)c1cccc2c1CCN(C(=O)Cc1c(Cl)cccc1Cl)[C@H]2C. The lowest BCUT2D eigenvalue weighted by molar-refractivity contribution is -0.133. The topological polar surface area (TPSA) is 63.7 Å². The largest absolute Gasteiger partial charge is 0.368 e.